The third-order valence-electron chi connectivity index (χ3n) is 6.34. The molecule has 4 heterocycles. The summed E-state index contributed by atoms with van der Waals surface area (Å²) in [5.41, 5.74) is 0.216. The fourth-order valence-corrected chi connectivity index (χ4v) is 4.54. The number of carbonyl (C=O) groups is 1. The van der Waals surface area contributed by atoms with E-state index in [0.29, 0.717) is 44.2 Å². The zero-order valence-corrected chi connectivity index (χ0v) is 16.2. The SMILES string of the molecule is Cc1cc(C2CCCO2)oc(=O)c1C(=O)N1CCN(C)C2(CCOCC2)C1. The molecule has 7 heteroatoms. The van der Waals surface area contributed by atoms with Gasteiger partial charge >= 0.3 is 5.63 Å². The monoisotopic (exact) mass is 376 g/mol. The summed E-state index contributed by atoms with van der Waals surface area (Å²) in [5, 5.41) is 0. The number of amides is 1. The van der Waals surface area contributed by atoms with Crippen molar-refractivity contribution in [2.45, 2.75) is 44.2 Å². The molecule has 0 bridgehead atoms. The fraction of sp³-hybridized carbons (Fsp3) is 0.700. The predicted octanol–water partition coefficient (Wildman–Crippen LogP) is 1.74. The van der Waals surface area contributed by atoms with Gasteiger partial charge < -0.3 is 18.8 Å². The summed E-state index contributed by atoms with van der Waals surface area (Å²) in [6.45, 7) is 5.95. The van der Waals surface area contributed by atoms with Gasteiger partial charge in [0, 0.05) is 45.0 Å². The first kappa shape index (κ1) is 18.7. The van der Waals surface area contributed by atoms with Crippen LogP contribution < -0.4 is 5.63 Å². The van der Waals surface area contributed by atoms with Gasteiger partial charge in [-0.2, -0.15) is 0 Å². The number of aryl methyl sites for hydroxylation is 1. The van der Waals surface area contributed by atoms with Gasteiger partial charge in [0.15, 0.2) is 0 Å². The van der Waals surface area contributed by atoms with Gasteiger partial charge in [-0.05, 0) is 51.3 Å². The molecule has 0 saturated carbocycles. The van der Waals surface area contributed by atoms with Crippen LogP contribution in [0.3, 0.4) is 0 Å². The molecule has 3 saturated heterocycles. The molecule has 1 unspecified atom stereocenters. The van der Waals surface area contributed by atoms with Crippen molar-refractivity contribution in [3.63, 3.8) is 0 Å². The number of rotatable bonds is 2. The minimum Gasteiger partial charge on any atom is -0.424 e. The Labute approximate surface area is 159 Å². The third-order valence-corrected chi connectivity index (χ3v) is 6.34. The maximum Gasteiger partial charge on any atom is 0.349 e. The van der Waals surface area contributed by atoms with Crippen molar-refractivity contribution < 1.29 is 18.7 Å². The highest BCUT2D eigenvalue weighted by atomic mass is 16.5. The van der Waals surface area contributed by atoms with E-state index in [1.165, 1.54) is 0 Å². The number of carbonyl (C=O) groups excluding carboxylic acids is 1. The molecule has 1 spiro atoms. The number of hydrogen-bond donors (Lipinski definition) is 0. The normalized spacial score (nSPS) is 25.9. The van der Waals surface area contributed by atoms with Crippen LogP contribution in [-0.4, -0.2) is 67.7 Å². The number of hydrogen-bond acceptors (Lipinski definition) is 6. The summed E-state index contributed by atoms with van der Waals surface area (Å²) in [4.78, 5) is 30.0. The third kappa shape index (κ3) is 3.44. The van der Waals surface area contributed by atoms with Crippen LogP contribution in [0.15, 0.2) is 15.3 Å². The smallest absolute Gasteiger partial charge is 0.349 e. The molecule has 0 radical (unpaired) electrons. The van der Waals surface area contributed by atoms with Gasteiger partial charge in [0.05, 0.1) is 0 Å². The second kappa shape index (κ2) is 7.37. The highest BCUT2D eigenvalue weighted by Crippen LogP contribution is 2.32. The molecule has 1 amide bonds. The molecule has 3 fully saturated rings. The van der Waals surface area contributed by atoms with E-state index in [2.05, 4.69) is 11.9 Å². The number of nitrogens with zero attached hydrogens (tertiary/aromatic N) is 2. The van der Waals surface area contributed by atoms with Crippen LogP contribution in [0.25, 0.3) is 0 Å². The molecule has 0 aliphatic carbocycles. The minimum absolute atomic E-state index is 0.0577. The van der Waals surface area contributed by atoms with Crippen LogP contribution in [0.1, 0.15) is 53.5 Å². The van der Waals surface area contributed by atoms with Crippen LogP contribution in [0.5, 0.6) is 0 Å². The molecule has 3 aliphatic rings. The molecule has 148 valence electrons. The molecule has 1 atom stereocenters. The van der Waals surface area contributed by atoms with E-state index >= 15 is 0 Å². The summed E-state index contributed by atoms with van der Waals surface area (Å²) < 4.78 is 16.6. The lowest BCUT2D eigenvalue weighted by molar-refractivity contribution is -0.0544. The average Bonchev–Trinajstić information content (AvgIpc) is 3.19. The molecule has 0 aromatic carbocycles. The van der Waals surface area contributed by atoms with E-state index in [9.17, 15) is 9.59 Å². The van der Waals surface area contributed by atoms with E-state index in [1.54, 1.807) is 6.07 Å². The van der Waals surface area contributed by atoms with Crippen molar-refractivity contribution >= 4 is 5.91 Å². The Morgan fingerprint density at radius 2 is 2.00 bits per heavy atom. The molecule has 0 N–H and O–H groups in total. The van der Waals surface area contributed by atoms with Crippen molar-refractivity contribution in [3.8, 4) is 0 Å². The predicted molar refractivity (Wildman–Crippen MR) is 99.0 cm³/mol. The van der Waals surface area contributed by atoms with Crippen molar-refractivity contribution in [1.82, 2.24) is 9.80 Å². The lowest BCUT2D eigenvalue weighted by atomic mass is 9.85. The minimum atomic E-state index is -0.551. The maximum absolute atomic E-state index is 13.2. The van der Waals surface area contributed by atoms with Crippen LogP contribution >= 0.6 is 0 Å². The summed E-state index contributed by atoms with van der Waals surface area (Å²) in [5.74, 6) is 0.310. The first-order chi connectivity index (χ1) is 13.0. The fourth-order valence-electron chi connectivity index (χ4n) is 4.54. The van der Waals surface area contributed by atoms with Gasteiger partial charge in [0.2, 0.25) is 0 Å². The van der Waals surface area contributed by atoms with Gasteiger partial charge in [0.25, 0.3) is 5.91 Å². The Hall–Kier alpha value is -1.70. The molecular formula is C20H28N2O5. The lowest BCUT2D eigenvalue weighted by Crippen LogP contribution is -2.64. The maximum atomic E-state index is 13.2. The average molecular weight is 376 g/mol. The first-order valence-electron chi connectivity index (χ1n) is 9.85. The molecule has 3 aliphatic heterocycles. The quantitative estimate of drug-likeness (QED) is 0.783. The summed E-state index contributed by atoms with van der Waals surface area (Å²) in [6.07, 6.45) is 3.44. The van der Waals surface area contributed by atoms with Crippen LogP contribution in [0.2, 0.25) is 0 Å². The first-order valence-corrected chi connectivity index (χ1v) is 9.85. The number of ether oxygens (including phenoxy) is 2. The Morgan fingerprint density at radius 3 is 2.67 bits per heavy atom. The van der Waals surface area contributed by atoms with E-state index in [1.807, 2.05) is 11.8 Å². The van der Waals surface area contributed by atoms with Crippen molar-refractivity contribution in [2.75, 3.05) is 46.5 Å². The van der Waals surface area contributed by atoms with E-state index < -0.39 is 5.63 Å². The van der Waals surface area contributed by atoms with Crippen LogP contribution in [0, 0.1) is 6.92 Å². The van der Waals surface area contributed by atoms with Crippen molar-refractivity contribution in [1.29, 1.82) is 0 Å². The van der Waals surface area contributed by atoms with Gasteiger partial charge in [-0.25, -0.2) is 4.79 Å². The highest BCUT2D eigenvalue weighted by Gasteiger charge is 2.43. The summed E-state index contributed by atoms with van der Waals surface area (Å²) >= 11 is 0. The Kier molecular flexibility index (Phi) is 5.09. The van der Waals surface area contributed by atoms with Crippen LogP contribution in [-0.2, 0) is 9.47 Å². The summed E-state index contributed by atoms with van der Waals surface area (Å²) in [6, 6.07) is 1.80. The van der Waals surface area contributed by atoms with E-state index in [4.69, 9.17) is 13.9 Å². The number of piperazine rings is 1. The molecule has 4 rings (SSSR count). The molecule has 1 aromatic rings. The van der Waals surface area contributed by atoms with E-state index in [-0.39, 0.29) is 23.1 Å². The second-order valence-corrected chi connectivity index (χ2v) is 7.98. The van der Waals surface area contributed by atoms with Gasteiger partial charge in [-0.3, -0.25) is 9.69 Å². The van der Waals surface area contributed by atoms with Crippen molar-refractivity contribution in [2.24, 2.45) is 0 Å². The zero-order valence-electron chi connectivity index (χ0n) is 16.2. The Morgan fingerprint density at radius 1 is 1.22 bits per heavy atom. The second-order valence-electron chi connectivity index (χ2n) is 7.98. The molecule has 1 aromatic heterocycles. The highest BCUT2D eigenvalue weighted by molar-refractivity contribution is 5.95. The topological polar surface area (TPSA) is 72.2 Å². The van der Waals surface area contributed by atoms with E-state index in [0.717, 1.165) is 32.2 Å². The van der Waals surface area contributed by atoms with Crippen molar-refractivity contribution in [3.05, 3.63) is 33.4 Å². The molecule has 7 nitrogen and oxygen atoms in total. The molecule has 27 heavy (non-hydrogen) atoms. The lowest BCUT2D eigenvalue weighted by Gasteiger charge is -2.51. The Balaban J connectivity index is 1.58. The molecular weight excluding hydrogens is 348 g/mol. The number of likely N-dealkylation sites (N-methyl/N-ethyl adjacent to an activating group) is 1. The Bertz CT molecular complexity index is 762. The van der Waals surface area contributed by atoms with Gasteiger partial charge in [-0.1, -0.05) is 0 Å². The van der Waals surface area contributed by atoms with Gasteiger partial charge in [-0.15, -0.1) is 0 Å². The zero-order chi connectivity index (χ0) is 19.0. The summed E-state index contributed by atoms with van der Waals surface area (Å²) in [7, 11) is 2.11. The van der Waals surface area contributed by atoms with Gasteiger partial charge in [0.1, 0.15) is 17.4 Å². The largest absolute Gasteiger partial charge is 0.424 e. The van der Waals surface area contributed by atoms with Crippen LogP contribution in [0.4, 0.5) is 0 Å². The standard InChI is InChI=1S/C20H28N2O5/c1-14-12-16(15-4-3-9-26-15)27-19(24)17(14)18(23)22-8-7-21(2)20(13-22)5-10-25-11-6-20/h12,15H,3-11,13H2,1-2H3.